The molecule has 2 fully saturated rings. The molecule has 1 amide bonds. The van der Waals surface area contributed by atoms with Gasteiger partial charge < -0.3 is 14.8 Å². The van der Waals surface area contributed by atoms with E-state index in [2.05, 4.69) is 17.5 Å². The maximum Gasteiger partial charge on any atom is 0.310 e. The molecule has 8 nitrogen and oxygen atoms in total. The lowest BCUT2D eigenvalue weighted by Crippen LogP contribution is -2.40. The molecule has 9 heteroatoms. The largest absolute Gasteiger partial charge is 0.455 e. The standard InChI is InChI=1S/C20H24N2O6S/c23-19(13-28-20(24)18-11-14-4-5-15(18)10-14)21-16-2-1-3-17(12-16)29(25,26)22-6-8-27-9-7-22/h1-5,12,14-15,18H,6-11,13H2,(H,21,23)/t14-,15-,18-/m0/s1. The van der Waals surface area contributed by atoms with E-state index in [4.69, 9.17) is 9.47 Å². The van der Waals surface area contributed by atoms with Crippen LogP contribution in [0.4, 0.5) is 5.69 Å². The van der Waals surface area contributed by atoms with Crippen molar-refractivity contribution in [3.05, 3.63) is 36.4 Å². The van der Waals surface area contributed by atoms with Crippen molar-refractivity contribution in [2.75, 3.05) is 38.2 Å². The van der Waals surface area contributed by atoms with Crippen LogP contribution in [0.5, 0.6) is 0 Å². The summed E-state index contributed by atoms with van der Waals surface area (Å²) in [6, 6.07) is 6.06. The Morgan fingerprint density at radius 3 is 2.66 bits per heavy atom. The smallest absolute Gasteiger partial charge is 0.310 e. The summed E-state index contributed by atoms with van der Waals surface area (Å²) in [6.45, 7) is 0.926. The van der Waals surface area contributed by atoms with E-state index in [9.17, 15) is 18.0 Å². The van der Waals surface area contributed by atoms with Crippen molar-refractivity contribution in [3.8, 4) is 0 Å². The molecule has 29 heavy (non-hydrogen) atoms. The zero-order chi connectivity index (χ0) is 20.4. The fraction of sp³-hybridized carbons (Fsp3) is 0.500. The summed E-state index contributed by atoms with van der Waals surface area (Å²) in [5.41, 5.74) is 0.336. The SMILES string of the molecule is O=C(COC(=O)[C@H]1C[C@H]2C=C[C@H]1C2)Nc1cccc(S(=O)(=O)N2CCOCC2)c1. The van der Waals surface area contributed by atoms with E-state index >= 15 is 0 Å². The molecule has 0 radical (unpaired) electrons. The molecule has 0 aromatic heterocycles. The molecule has 1 saturated heterocycles. The molecule has 1 aliphatic heterocycles. The maximum absolute atomic E-state index is 12.7. The maximum atomic E-state index is 12.7. The van der Waals surface area contributed by atoms with E-state index < -0.39 is 22.5 Å². The van der Waals surface area contributed by atoms with E-state index in [-0.39, 0.29) is 22.7 Å². The number of fused-ring (bicyclic) bond motifs is 2. The number of esters is 1. The third kappa shape index (κ3) is 4.36. The summed E-state index contributed by atoms with van der Waals surface area (Å²) >= 11 is 0. The molecule has 3 aliphatic rings. The number of nitrogens with zero attached hydrogens (tertiary/aromatic N) is 1. The third-order valence-corrected chi connectivity index (χ3v) is 7.55. The van der Waals surface area contributed by atoms with Crippen LogP contribution in [0.3, 0.4) is 0 Å². The molecular weight excluding hydrogens is 396 g/mol. The van der Waals surface area contributed by atoms with Crippen LogP contribution in [0.15, 0.2) is 41.3 Å². The van der Waals surface area contributed by atoms with Crippen molar-refractivity contribution in [3.63, 3.8) is 0 Å². The number of hydrogen-bond acceptors (Lipinski definition) is 6. The summed E-state index contributed by atoms with van der Waals surface area (Å²) in [6.07, 6.45) is 5.96. The predicted octanol–water partition coefficient (Wildman–Crippen LogP) is 1.40. The Labute approximate surface area is 169 Å². The molecule has 2 bridgehead atoms. The van der Waals surface area contributed by atoms with Crippen LogP contribution < -0.4 is 5.32 Å². The minimum absolute atomic E-state index is 0.1000. The van der Waals surface area contributed by atoms with Gasteiger partial charge in [0.25, 0.3) is 5.91 Å². The van der Waals surface area contributed by atoms with Crippen LogP contribution in [0, 0.1) is 17.8 Å². The Balaban J connectivity index is 1.33. The van der Waals surface area contributed by atoms with Gasteiger partial charge in [-0.05, 0) is 42.9 Å². The molecule has 0 spiro atoms. The van der Waals surface area contributed by atoms with Gasteiger partial charge in [-0.3, -0.25) is 9.59 Å². The fourth-order valence-electron chi connectivity index (χ4n) is 4.16. The number of benzene rings is 1. The minimum atomic E-state index is -3.65. The van der Waals surface area contributed by atoms with E-state index in [1.54, 1.807) is 12.1 Å². The summed E-state index contributed by atoms with van der Waals surface area (Å²) in [7, 11) is -3.65. The lowest BCUT2D eigenvalue weighted by molar-refractivity contribution is -0.152. The number of amides is 1. The lowest BCUT2D eigenvalue weighted by atomic mass is 9.94. The molecule has 156 valence electrons. The molecule has 1 aromatic carbocycles. The topological polar surface area (TPSA) is 102 Å². The van der Waals surface area contributed by atoms with Crippen LogP contribution in [-0.4, -0.2) is 57.5 Å². The number of sulfonamides is 1. The summed E-state index contributed by atoms with van der Waals surface area (Å²) < 4.78 is 37.2. The highest BCUT2D eigenvalue weighted by atomic mass is 32.2. The number of carbonyl (C=O) groups is 2. The average molecular weight is 420 g/mol. The van der Waals surface area contributed by atoms with Crippen molar-refractivity contribution in [2.45, 2.75) is 17.7 Å². The van der Waals surface area contributed by atoms with Gasteiger partial charge in [0, 0.05) is 18.8 Å². The van der Waals surface area contributed by atoms with Gasteiger partial charge in [-0.25, -0.2) is 8.42 Å². The first-order valence-electron chi connectivity index (χ1n) is 9.76. The van der Waals surface area contributed by atoms with Gasteiger partial charge in [0.1, 0.15) is 0 Å². The highest BCUT2D eigenvalue weighted by Crippen LogP contribution is 2.43. The quantitative estimate of drug-likeness (QED) is 0.551. The number of anilines is 1. The Bertz CT molecular complexity index is 923. The fourth-order valence-corrected chi connectivity index (χ4v) is 5.62. The van der Waals surface area contributed by atoms with Crippen molar-refractivity contribution in [2.24, 2.45) is 17.8 Å². The highest BCUT2D eigenvalue weighted by Gasteiger charge is 2.40. The second kappa shape index (κ2) is 8.25. The first-order chi connectivity index (χ1) is 13.9. The van der Waals surface area contributed by atoms with Gasteiger partial charge in [0.2, 0.25) is 10.0 Å². The molecule has 1 saturated carbocycles. The van der Waals surface area contributed by atoms with Crippen LogP contribution >= 0.6 is 0 Å². The molecule has 4 rings (SSSR count). The van der Waals surface area contributed by atoms with Crippen molar-refractivity contribution >= 4 is 27.6 Å². The summed E-state index contributed by atoms with van der Waals surface area (Å²) in [5.74, 6) is -0.349. The molecule has 3 atom stereocenters. The minimum Gasteiger partial charge on any atom is -0.455 e. The lowest BCUT2D eigenvalue weighted by Gasteiger charge is -2.26. The predicted molar refractivity (Wildman–Crippen MR) is 104 cm³/mol. The van der Waals surface area contributed by atoms with Crippen LogP contribution in [-0.2, 0) is 29.1 Å². The highest BCUT2D eigenvalue weighted by molar-refractivity contribution is 7.89. The summed E-state index contributed by atoms with van der Waals surface area (Å²) in [4.78, 5) is 24.5. The van der Waals surface area contributed by atoms with Crippen LogP contribution in [0.1, 0.15) is 12.8 Å². The first-order valence-corrected chi connectivity index (χ1v) is 11.2. The van der Waals surface area contributed by atoms with Crippen molar-refractivity contribution in [1.29, 1.82) is 0 Å². The second-order valence-corrected chi connectivity index (χ2v) is 9.52. The van der Waals surface area contributed by atoms with Gasteiger partial charge in [-0.1, -0.05) is 18.2 Å². The number of carbonyl (C=O) groups excluding carboxylic acids is 2. The van der Waals surface area contributed by atoms with Gasteiger partial charge in [-0.2, -0.15) is 4.31 Å². The molecule has 0 unspecified atom stereocenters. The first kappa shape index (κ1) is 20.1. The Hall–Kier alpha value is -2.23. The van der Waals surface area contributed by atoms with Gasteiger partial charge in [0.05, 0.1) is 24.0 Å². The Morgan fingerprint density at radius 1 is 1.17 bits per heavy atom. The normalized spacial score (nSPS) is 26.4. The number of morpholine rings is 1. The molecule has 1 N–H and O–H groups in total. The van der Waals surface area contributed by atoms with E-state index in [0.717, 1.165) is 12.8 Å². The average Bonchev–Trinajstić information content (AvgIpc) is 3.37. The van der Waals surface area contributed by atoms with Crippen molar-refractivity contribution in [1.82, 2.24) is 4.31 Å². The number of allylic oxidation sites excluding steroid dienone is 2. The molecule has 1 heterocycles. The van der Waals surface area contributed by atoms with Crippen molar-refractivity contribution < 1.29 is 27.5 Å². The third-order valence-electron chi connectivity index (χ3n) is 5.65. The second-order valence-electron chi connectivity index (χ2n) is 7.59. The van der Waals surface area contributed by atoms with E-state index in [1.165, 1.54) is 16.4 Å². The van der Waals surface area contributed by atoms with E-state index in [0.29, 0.717) is 37.9 Å². The van der Waals surface area contributed by atoms with Gasteiger partial charge >= 0.3 is 5.97 Å². The van der Waals surface area contributed by atoms with Gasteiger partial charge in [0.15, 0.2) is 6.61 Å². The van der Waals surface area contributed by atoms with Gasteiger partial charge in [-0.15, -0.1) is 0 Å². The Kier molecular flexibility index (Phi) is 5.71. The monoisotopic (exact) mass is 420 g/mol. The zero-order valence-electron chi connectivity index (χ0n) is 16.0. The van der Waals surface area contributed by atoms with Crippen LogP contribution in [0.25, 0.3) is 0 Å². The Morgan fingerprint density at radius 2 is 1.97 bits per heavy atom. The zero-order valence-corrected chi connectivity index (χ0v) is 16.8. The van der Waals surface area contributed by atoms with Crippen LogP contribution in [0.2, 0.25) is 0 Å². The molecular formula is C20H24N2O6S. The van der Waals surface area contributed by atoms with E-state index in [1.807, 2.05) is 0 Å². The number of nitrogens with one attached hydrogen (secondary N) is 1. The number of ether oxygens (including phenoxy) is 2. The number of hydrogen-bond donors (Lipinski definition) is 1. The summed E-state index contributed by atoms with van der Waals surface area (Å²) in [5, 5.41) is 2.60. The molecule has 1 aromatic rings. The number of rotatable bonds is 6. The molecule has 2 aliphatic carbocycles.